The van der Waals surface area contributed by atoms with Crippen LogP contribution in [0.25, 0.3) is 0 Å². The van der Waals surface area contributed by atoms with Gasteiger partial charge in [-0.3, -0.25) is 38.5 Å². The van der Waals surface area contributed by atoms with E-state index in [4.69, 9.17) is 24.7 Å². The van der Waals surface area contributed by atoms with Gasteiger partial charge in [0.15, 0.2) is 5.78 Å². The number of Topliss-reactive ketones (excluding diaryl/α,β-unsaturated/α-hetero) is 2. The van der Waals surface area contributed by atoms with E-state index in [1.165, 1.54) is 17.1 Å². The Morgan fingerprint density at radius 2 is 1.52 bits per heavy atom. The minimum absolute atomic E-state index is 0.00808. The zero-order chi connectivity index (χ0) is 45.6. The molecule has 4 rings (SSSR count). The lowest BCUT2D eigenvalue weighted by molar-refractivity contribution is -0.154. The molecular weight excluding hydrogens is 815 g/mol. The summed E-state index contributed by atoms with van der Waals surface area (Å²) in [6.07, 6.45) is 10.3. The molecule has 2 heterocycles. The number of carbonyl (C=O) groups excluding carboxylic acids is 7. The number of rotatable bonds is 29. The lowest BCUT2D eigenvalue weighted by Gasteiger charge is -2.29. The molecule has 1 aromatic carbocycles. The summed E-state index contributed by atoms with van der Waals surface area (Å²) in [5.74, 6) is -1.49. The number of ether oxygens (including phenoxy) is 4. The number of ketones is 2. The molecule has 1 fully saturated rings. The number of hydrogen-bond acceptors (Lipinski definition) is 14. The number of hydrogen-bond donors (Lipinski definition) is 3. The molecule has 4 N–H and O–H groups in total. The summed E-state index contributed by atoms with van der Waals surface area (Å²) in [6, 6.07) is 6.46. The van der Waals surface area contributed by atoms with Gasteiger partial charge < -0.3 is 35.3 Å². The van der Waals surface area contributed by atoms with Gasteiger partial charge in [0, 0.05) is 56.6 Å². The van der Waals surface area contributed by atoms with Gasteiger partial charge >= 0.3 is 5.97 Å². The van der Waals surface area contributed by atoms with E-state index in [2.05, 4.69) is 20.9 Å². The highest BCUT2D eigenvalue weighted by molar-refractivity contribution is 6.12. The predicted octanol–water partition coefficient (Wildman–Crippen LogP) is 2.19. The number of unbranched alkanes of at least 4 members (excludes halogenated alkanes) is 1. The highest BCUT2D eigenvalue weighted by Gasteiger charge is 2.31. The van der Waals surface area contributed by atoms with E-state index in [0.717, 1.165) is 42.5 Å². The van der Waals surface area contributed by atoms with Crippen molar-refractivity contribution in [3.05, 3.63) is 59.4 Å². The lowest BCUT2D eigenvalue weighted by atomic mass is 9.79. The summed E-state index contributed by atoms with van der Waals surface area (Å²) in [7, 11) is 0. The minimum Gasteiger partial charge on any atom is -0.460 e. The second kappa shape index (κ2) is 26.5. The molecule has 18 heteroatoms. The van der Waals surface area contributed by atoms with Crippen LogP contribution < -0.4 is 16.4 Å². The Bertz CT molecular complexity index is 1830. The molecule has 1 aliphatic carbocycles. The third kappa shape index (κ3) is 18.6. The molecule has 2 aromatic rings. The quantitative estimate of drug-likeness (QED) is 0.0604. The van der Waals surface area contributed by atoms with Gasteiger partial charge in [0.1, 0.15) is 25.6 Å². The molecule has 0 spiro atoms. The van der Waals surface area contributed by atoms with Crippen molar-refractivity contribution in [1.82, 2.24) is 30.5 Å². The molecule has 1 saturated carbocycles. The second-order valence-electron chi connectivity index (χ2n) is 17.0. The highest BCUT2D eigenvalue weighted by atomic mass is 16.5. The molecule has 1 aromatic heterocycles. The molecule has 4 amide bonds. The van der Waals surface area contributed by atoms with E-state index in [-0.39, 0.29) is 74.0 Å². The number of amides is 4. The number of nitrogens with zero attached hydrogens (tertiary/aromatic N) is 4. The van der Waals surface area contributed by atoms with E-state index in [1.54, 1.807) is 49.7 Å². The summed E-state index contributed by atoms with van der Waals surface area (Å²) in [5.41, 5.74) is 7.33. The second-order valence-corrected chi connectivity index (χ2v) is 17.0. The smallest absolute Gasteiger partial charge is 0.311 e. The Hall–Kier alpha value is -5.17. The normalized spacial score (nSPS) is 16.9. The maximum Gasteiger partial charge on any atom is 0.311 e. The van der Waals surface area contributed by atoms with Crippen molar-refractivity contribution in [3.63, 3.8) is 0 Å². The Kier molecular flexibility index (Phi) is 21.2. The van der Waals surface area contributed by atoms with Gasteiger partial charge in [-0.1, -0.05) is 29.5 Å². The molecule has 346 valence electrons. The van der Waals surface area contributed by atoms with Gasteiger partial charge in [-0.25, -0.2) is 4.68 Å². The van der Waals surface area contributed by atoms with Crippen molar-refractivity contribution in [1.29, 1.82) is 0 Å². The van der Waals surface area contributed by atoms with Crippen molar-refractivity contribution in [3.8, 4) is 0 Å². The first-order valence-electron chi connectivity index (χ1n) is 21.9. The predicted molar refractivity (Wildman–Crippen MR) is 229 cm³/mol. The van der Waals surface area contributed by atoms with Gasteiger partial charge in [-0.15, -0.1) is 5.10 Å². The number of carbonyl (C=O) groups is 7. The van der Waals surface area contributed by atoms with E-state index >= 15 is 0 Å². The molecule has 18 nitrogen and oxygen atoms in total. The zero-order valence-electron chi connectivity index (χ0n) is 37.0. The average molecular weight is 880 g/mol. The van der Waals surface area contributed by atoms with E-state index in [1.807, 2.05) is 6.20 Å². The topological polar surface area (TPSA) is 240 Å². The first-order valence-corrected chi connectivity index (χ1v) is 21.9. The summed E-state index contributed by atoms with van der Waals surface area (Å²) >= 11 is 0. The standard InChI is InChI=1S/C45H65N7O11/c1-45(2,3)44(59)63-29-34-9-7-32(8-10-34)26-39(54)37(6-4-5-19-46)48-41(56)31-62-30-40(55)47-20-22-60-24-25-61-23-21-51-28-36(49-50-51)15-16-38(53)35-13-11-33(12-14-35)27-52-42(57)17-18-43(52)58/h7-10,17-18,28,33,35,37H,4-6,11-16,19-27,29-31,46H2,1-3H3,(H,47,55)(H,48,56)/t33?,35?,37-/m0/s1. The van der Waals surface area contributed by atoms with Crippen LogP contribution in [0.5, 0.6) is 0 Å². The number of benzene rings is 1. The number of aryl methyl sites for hydroxylation is 1. The van der Waals surface area contributed by atoms with Crippen LogP contribution in [0.2, 0.25) is 0 Å². The Balaban J connectivity index is 0.994. The summed E-state index contributed by atoms with van der Waals surface area (Å²) in [4.78, 5) is 88.0. The van der Waals surface area contributed by atoms with Crippen LogP contribution in [0.15, 0.2) is 42.6 Å². The molecule has 1 aliphatic heterocycles. The first-order chi connectivity index (χ1) is 30.2. The highest BCUT2D eigenvalue weighted by Crippen LogP contribution is 2.31. The fourth-order valence-electron chi connectivity index (χ4n) is 7.07. The summed E-state index contributed by atoms with van der Waals surface area (Å²) in [6.45, 7) is 7.65. The lowest BCUT2D eigenvalue weighted by Crippen LogP contribution is -2.43. The zero-order valence-corrected chi connectivity index (χ0v) is 37.0. The maximum atomic E-state index is 13.2. The van der Waals surface area contributed by atoms with Crippen molar-refractivity contribution >= 4 is 41.2 Å². The Morgan fingerprint density at radius 3 is 2.21 bits per heavy atom. The minimum atomic E-state index is -0.739. The van der Waals surface area contributed by atoms with Crippen LogP contribution in [-0.4, -0.2) is 126 Å². The molecule has 0 unspecified atom stereocenters. The van der Waals surface area contributed by atoms with Crippen LogP contribution >= 0.6 is 0 Å². The monoisotopic (exact) mass is 879 g/mol. The molecule has 0 saturated heterocycles. The SMILES string of the molecule is CC(C)(C)C(=O)OCc1ccc(CC(=O)[C@H](CCCCN)NC(=O)COCC(=O)NCCOCCOCCn2cc(CCC(=O)C3CCC(CN4C(=O)C=CC4=O)CC3)nn2)cc1. The number of nitrogens with one attached hydrogen (secondary N) is 2. The third-order valence-electron chi connectivity index (χ3n) is 10.8. The van der Waals surface area contributed by atoms with Crippen molar-refractivity contribution < 1.29 is 52.5 Å². The van der Waals surface area contributed by atoms with Crippen molar-refractivity contribution in [2.45, 2.75) is 104 Å². The van der Waals surface area contributed by atoms with E-state index in [9.17, 15) is 33.6 Å². The maximum absolute atomic E-state index is 13.2. The van der Waals surface area contributed by atoms with Crippen molar-refractivity contribution in [2.75, 3.05) is 59.3 Å². The number of aromatic nitrogens is 3. The average Bonchev–Trinajstić information content (AvgIpc) is 3.85. The fraction of sp³-hybridized carbons (Fsp3) is 0.622. The fourth-order valence-corrected chi connectivity index (χ4v) is 7.07. The van der Waals surface area contributed by atoms with Gasteiger partial charge in [0.25, 0.3) is 11.8 Å². The van der Waals surface area contributed by atoms with Crippen LogP contribution in [0, 0.1) is 17.3 Å². The number of esters is 1. The van der Waals surface area contributed by atoms with E-state index in [0.29, 0.717) is 71.6 Å². The Morgan fingerprint density at radius 1 is 0.857 bits per heavy atom. The summed E-state index contributed by atoms with van der Waals surface area (Å²) in [5, 5.41) is 13.7. The van der Waals surface area contributed by atoms with Crippen LogP contribution in [0.1, 0.15) is 89.0 Å². The van der Waals surface area contributed by atoms with Crippen LogP contribution in [0.4, 0.5) is 0 Å². The van der Waals surface area contributed by atoms with Gasteiger partial charge in [0.2, 0.25) is 11.8 Å². The van der Waals surface area contributed by atoms with Crippen molar-refractivity contribution in [2.24, 2.45) is 23.0 Å². The van der Waals surface area contributed by atoms with E-state index < -0.39 is 29.9 Å². The summed E-state index contributed by atoms with van der Waals surface area (Å²) < 4.78 is 23.5. The third-order valence-corrected chi connectivity index (χ3v) is 10.8. The number of nitrogens with two attached hydrogens (primary N) is 1. The Labute approximate surface area is 369 Å². The first kappa shape index (κ1) is 50.5. The molecular formula is C45H65N7O11. The van der Waals surface area contributed by atoms with Crippen LogP contribution in [-0.2, 0) is 78.5 Å². The van der Waals surface area contributed by atoms with Gasteiger partial charge in [0.05, 0.1) is 50.1 Å². The van der Waals surface area contributed by atoms with Gasteiger partial charge in [-0.05, 0) is 89.3 Å². The molecule has 1 atom stereocenters. The molecule has 0 radical (unpaired) electrons. The molecule has 0 bridgehead atoms. The largest absolute Gasteiger partial charge is 0.460 e. The number of imide groups is 1. The van der Waals surface area contributed by atoms with Gasteiger partial charge in [-0.2, -0.15) is 0 Å². The molecule has 2 aliphatic rings. The molecule has 63 heavy (non-hydrogen) atoms. The van der Waals surface area contributed by atoms with Crippen LogP contribution in [0.3, 0.4) is 0 Å².